The first-order valence-electron chi connectivity index (χ1n) is 4.25. The standard InChI is InChI=1S/C10H9ClN2O/c1-5-3-7-9(4-8(5)11)12-6(2)13-10(7)14/h3-4H,1-2H3,(H,12,13,14). The summed E-state index contributed by atoms with van der Waals surface area (Å²) in [5.41, 5.74) is 1.41. The van der Waals surface area contributed by atoms with Crippen LogP contribution < -0.4 is 5.56 Å². The van der Waals surface area contributed by atoms with Gasteiger partial charge in [0.25, 0.3) is 5.56 Å². The highest BCUT2D eigenvalue weighted by atomic mass is 35.5. The number of nitrogens with zero attached hydrogens (tertiary/aromatic N) is 1. The first-order valence-corrected chi connectivity index (χ1v) is 4.62. The molecule has 14 heavy (non-hydrogen) atoms. The third kappa shape index (κ3) is 1.40. The molecule has 1 N–H and O–H groups in total. The van der Waals surface area contributed by atoms with Crippen molar-refractivity contribution in [3.05, 3.63) is 38.9 Å². The SMILES string of the molecule is Cc1nc2cc(Cl)c(C)cc2c(=O)[nH]1. The molecule has 0 atom stereocenters. The number of fused-ring (bicyclic) bond motifs is 1. The lowest BCUT2D eigenvalue weighted by molar-refractivity contribution is 1.06. The van der Waals surface area contributed by atoms with Crippen molar-refractivity contribution < 1.29 is 0 Å². The van der Waals surface area contributed by atoms with E-state index in [1.807, 2.05) is 6.92 Å². The maximum absolute atomic E-state index is 11.5. The number of nitrogens with one attached hydrogen (secondary N) is 1. The largest absolute Gasteiger partial charge is 0.310 e. The van der Waals surface area contributed by atoms with Gasteiger partial charge in [0.15, 0.2) is 0 Å². The predicted octanol–water partition coefficient (Wildman–Crippen LogP) is 2.19. The molecular formula is C10H9ClN2O. The molecule has 0 aliphatic rings. The van der Waals surface area contributed by atoms with Crippen molar-refractivity contribution in [3.63, 3.8) is 0 Å². The number of rotatable bonds is 0. The van der Waals surface area contributed by atoms with Crippen molar-refractivity contribution >= 4 is 22.5 Å². The Morgan fingerprint density at radius 3 is 2.79 bits per heavy atom. The van der Waals surface area contributed by atoms with Gasteiger partial charge in [-0.15, -0.1) is 0 Å². The van der Waals surface area contributed by atoms with Crippen LogP contribution in [-0.2, 0) is 0 Å². The summed E-state index contributed by atoms with van der Waals surface area (Å²) in [6, 6.07) is 3.47. The Balaban J connectivity index is 2.96. The van der Waals surface area contributed by atoms with Crippen LogP contribution in [0.15, 0.2) is 16.9 Å². The fraction of sp³-hybridized carbons (Fsp3) is 0.200. The average Bonchev–Trinajstić information content (AvgIpc) is 2.08. The summed E-state index contributed by atoms with van der Waals surface area (Å²) in [6.07, 6.45) is 0. The number of benzene rings is 1. The molecule has 72 valence electrons. The number of aryl methyl sites for hydroxylation is 2. The third-order valence-corrected chi connectivity index (χ3v) is 2.51. The highest BCUT2D eigenvalue weighted by Gasteiger charge is 2.04. The molecular weight excluding hydrogens is 200 g/mol. The average molecular weight is 209 g/mol. The van der Waals surface area contributed by atoms with Crippen LogP contribution in [-0.4, -0.2) is 9.97 Å². The van der Waals surface area contributed by atoms with Gasteiger partial charge in [0.2, 0.25) is 0 Å². The second-order valence-corrected chi connectivity index (χ2v) is 3.68. The van der Waals surface area contributed by atoms with Gasteiger partial charge in [-0.25, -0.2) is 4.98 Å². The van der Waals surface area contributed by atoms with Gasteiger partial charge in [0.1, 0.15) is 5.82 Å². The second kappa shape index (κ2) is 3.10. The Labute approximate surface area is 85.7 Å². The molecule has 0 amide bonds. The Morgan fingerprint density at radius 2 is 2.07 bits per heavy atom. The molecule has 2 aromatic rings. The van der Waals surface area contributed by atoms with Gasteiger partial charge >= 0.3 is 0 Å². The Morgan fingerprint density at radius 1 is 1.36 bits per heavy atom. The van der Waals surface area contributed by atoms with Crippen LogP contribution in [0.4, 0.5) is 0 Å². The number of hydrogen-bond acceptors (Lipinski definition) is 2. The van der Waals surface area contributed by atoms with E-state index in [1.54, 1.807) is 19.1 Å². The lowest BCUT2D eigenvalue weighted by Gasteiger charge is -2.01. The van der Waals surface area contributed by atoms with Crippen LogP contribution in [0, 0.1) is 13.8 Å². The van der Waals surface area contributed by atoms with Crippen LogP contribution in [0.3, 0.4) is 0 Å². The summed E-state index contributed by atoms with van der Waals surface area (Å²) in [5, 5.41) is 1.22. The fourth-order valence-corrected chi connectivity index (χ4v) is 1.54. The Kier molecular flexibility index (Phi) is 2.04. The van der Waals surface area contributed by atoms with Crippen molar-refractivity contribution in [2.75, 3.05) is 0 Å². The normalized spacial score (nSPS) is 10.8. The summed E-state index contributed by atoms with van der Waals surface area (Å²) in [6.45, 7) is 3.61. The molecule has 1 aromatic carbocycles. The molecule has 3 nitrogen and oxygen atoms in total. The van der Waals surface area contributed by atoms with E-state index in [1.165, 1.54) is 0 Å². The minimum Gasteiger partial charge on any atom is -0.310 e. The monoisotopic (exact) mass is 208 g/mol. The van der Waals surface area contributed by atoms with Gasteiger partial charge in [-0.05, 0) is 31.5 Å². The number of aromatic amines is 1. The summed E-state index contributed by atoms with van der Waals surface area (Å²) in [5.74, 6) is 0.599. The highest BCUT2D eigenvalue weighted by Crippen LogP contribution is 2.19. The maximum Gasteiger partial charge on any atom is 0.258 e. The zero-order valence-corrected chi connectivity index (χ0v) is 8.64. The summed E-state index contributed by atoms with van der Waals surface area (Å²) >= 11 is 5.94. The summed E-state index contributed by atoms with van der Waals surface area (Å²) < 4.78 is 0. The van der Waals surface area contributed by atoms with Gasteiger partial charge in [-0.1, -0.05) is 11.6 Å². The minimum atomic E-state index is -0.118. The van der Waals surface area contributed by atoms with Gasteiger partial charge in [-0.3, -0.25) is 4.79 Å². The van der Waals surface area contributed by atoms with Crippen molar-refractivity contribution in [1.29, 1.82) is 0 Å². The summed E-state index contributed by atoms with van der Waals surface area (Å²) in [4.78, 5) is 18.4. The maximum atomic E-state index is 11.5. The van der Waals surface area contributed by atoms with E-state index in [9.17, 15) is 4.79 Å². The number of hydrogen-bond donors (Lipinski definition) is 1. The molecule has 0 bridgehead atoms. The Hall–Kier alpha value is -1.35. The zero-order chi connectivity index (χ0) is 10.3. The van der Waals surface area contributed by atoms with E-state index in [4.69, 9.17) is 11.6 Å². The Bertz CT molecular complexity index is 560. The molecule has 0 aliphatic heterocycles. The molecule has 0 saturated carbocycles. The molecule has 1 aromatic heterocycles. The molecule has 4 heteroatoms. The fourth-order valence-electron chi connectivity index (χ4n) is 1.39. The molecule has 1 heterocycles. The quantitative estimate of drug-likeness (QED) is 0.722. The number of aromatic nitrogens is 2. The summed E-state index contributed by atoms with van der Waals surface area (Å²) in [7, 11) is 0. The van der Waals surface area contributed by atoms with Crippen LogP contribution >= 0.6 is 11.6 Å². The van der Waals surface area contributed by atoms with Crippen molar-refractivity contribution in [2.45, 2.75) is 13.8 Å². The predicted molar refractivity (Wildman–Crippen MR) is 56.8 cm³/mol. The van der Waals surface area contributed by atoms with E-state index < -0.39 is 0 Å². The molecule has 0 saturated heterocycles. The number of halogens is 1. The lowest BCUT2D eigenvalue weighted by Crippen LogP contribution is -2.09. The van der Waals surface area contributed by atoms with Gasteiger partial charge < -0.3 is 4.98 Å². The van der Waals surface area contributed by atoms with E-state index >= 15 is 0 Å². The smallest absolute Gasteiger partial charge is 0.258 e. The van der Waals surface area contributed by atoms with Gasteiger partial charge in [0, 0.05) is 5.02 Å². The zero-order valence-electron chi connectivity index (χ0n) is 7.89. The van der Waals surface area contributed by atoms with Crippen molar-refractivity contribution in [1.82, 2.24) is 9.97 Å². The third-order valence-electron chi connectivity index (χ3n) is 2.10. The molecule has 0 fully saturated rings. The number of H-pyrrole nitrogens is 1. The molecule has 2 rings (SSSR count). The van der Waals surface area contributed by atoms with Gasteiger partial charge in [0.05, 0.1) is 10.9 Å². The van der Waals surface area contributed by atoms with E-state index in [0.717, 1.165) is 5.56 Å². The van der Waals surface area contributed by atoms with Crippen LogP contribution in [0.2, 0.25) is 5.02 Å². The van der Waals surface area contributed by atoms with Crippen LogP contribution in [0.1, 0.15) is 11.4 Å². The minimum absolute atomic E-state index is 0.118. The highest BCUT2D eigenvalue weighted by molar-refractivity contribution is 6.32. The first-order chi connectivity index (χ1) is 6.58. The molecule has 0 radical (unpaired) electrons. The van der Waals surface area contributed by atoms with Gasteiger partial charge in [-0.2, -0.15) is 0 Å². The molecule has 0 aliphatic carbocycles. The van der Waals surface area contributed by atoms with E-state index in [0.29, 0.717) is 21.7 Å². The van der Waals surface area contributed by atoms with E-state index in [-0.39, 0.29) is 5.56 Å². The lowest BCUT2D eigenvalue weighted by atomic mass is 10.1. The second-order valence-electron chi connectivity index (χ2n) is 3.27. The van der Waals surface area contributed by atoms with Crippen LogP contribution in [0.25, 0.3) is 10.9 Å². The topological polar surface area (TPSA) is 45.8 Å². The van der Waals surface area contributed by atoms with Crippen molar-refractivity contribution in [3.8, 4) is 0 Å². The molecule has 0 unspecified atom stereocenters. The van der Waals surface area contributed by atoms with Crippen LogP contribution in [0.5, 0.6) is 0 Å². The first kappa shape index (κ1) is 9.21. The van der Waals surface area contributed by atoms with E-state index in [2.05, 4.69) is 9.97 Å². The van der Waals surface area contributed by atoms with Crippen molar-refractivity contribution in [2.24, 2.45) is 0 Å². The molecule has 0 spiro atoms.